The first-order valence-electron chi connectivity index (χ1n) is 6.09. The van der Waals surface area contributed by atoms with Gasteiger partial charge in [0.1, 0.15) is 11.6 Å². The molecule has 1 aromatic heterocycles. The molecule has 0 aliphatic heterocycles. The highest BCUT2D eigenvalue weighted by atomic mass is 35.5. The van der Waals surface area contributed by atoms with Crippen LogP contribution in [-0.4, -0.2) is 17.1 Å². The van der Waals surface area contributed by atoms with Crippen LogP contribution in [0.5, 0.6) is 5.75 Å². The van der Waals surface area contributed by atoms with Gasteiger partial charge in [-0.05, 0) is 35.9 Å². The summed E-state index contributed by atoms with van der Waals surface area (Å²) in [5, 5.41) is 4.38. The largest absolute Gasteiger partial charge is 0.497 e. The highest BCUT2D eigenvalue weighted by molar-refractivity contribution is 6.28. The lowest BCUT2D eigenvalue weighted by molar-refractivity contribution is 0.415. The van der Waals surface area contributed by atoms with Crippen molar-refractivity contribution in [2.45, 2.75) is 0 Å². The van der Waals surface area contributed by atoms with Crippen molar-refractivity contribution in [2.75, 3.05) is 12.4 Å². The molecule has 0 fully saturated rings. The second-order valence-corrected chi connectivity index (χ2v) is 4.55. The van der Waals surface area contributed by atoms with E-state index in [9.17, 15) is 0 Å². The lowest BCUT2D eigenvalue weighted by Gasteiger charge is -2.10. The zero-order chi connectivity index (χ0) is 13.9. The maximum atomic E-state index is 5.96. The lowest BCUT2D eigenvalue weighted by Crippen LogP contribution is -1.97. The van der Waals surface area contributed by atoms with Crippen molar-refractivity contribution in [1.82, 2.24) is 9.97 Å². The average Bonchev–Trinajstić information content (AvgIpc) is 2.47. The molecule has 0 saturated carbocycles. The molecule has 0 spiro atoms. The minimum atomic E-state index is 0.217. The Balaban J connectivity index is 2.05. The number of para-hydroxylation sites is 1. The zero-order valence-electron chi connectivity index (χ0n) is 10.8. The van der Waals surface area contributed by atoms with Gasteiger partial charge in [0.15, 0.2) is 0 Å². The predicted octanol–water partition coefficient (Wildman–Crippen LogP) is 4.04. The van der Waals surface area contributed by atoms with Crippen molar-refractivity contribution in [1.29, 1.82) is 0 Å². The number of ether oxygens (including phenoxy) is 1. The monoisotopic (exact) mass is 285 g/mol. The Hall–Kier alpha value is -2.33. The second-order valence-electron chi connectivity index (χ2n) is 4.22. The lowest BCUT2D eigenvalue weighted by atomic mass is 10.2. The van der Waals surface area contributed by atoms with E-state index < -0.39 is 0 Å². The number of anilines is 2. The van der Waals surface area contributed by atoms with Crippen LogP contribution in [0.4, 0.5) is 11.5 Å². The molecule has 0 bridgehead atoms. The van der Waals surface area contributed by atoms with Crippen LogP contribution >= 0.6 is 11.6 Å². The van der Waals surface area contributed by atoms with E-state index in [1.165, 1.54) is 0 Å². The minimum absolute atomic E-state index is 0.217. The van der Waals surface area contributed by atoms with E-state index >= 15 is 0 Å². The molecular weight excluding hydrogens is 274 g/mol. The third-order valence-electron chi connectivity index (χ3n) is 2.91. The van der Waals surface area contributed by atoms with Crippen molar-refractivity contribution in [2.24, 2.45) is 0 Å². The standard InChI is InChI=1S/C15H12ClN3O/c1-20-11-6-4-5-10(9-11)17-14-12-7-2-3-8-13(12)18-15(16)19-14/h2-9H,1H3,(H,17,18,19). The third kappa shape index (κ3) is 2.51. The molecule has 5 heteroatoms. The van der Waals surface area contributed by atoms with E-state index in [1.807, 2.05) is 48.5 Å². The van der Waals surface area contributed by atoms with Crippen LogP contribution < -0.4 is 10.1 Å². The van der Waals surface area contributed by atoms with Crippen LogP contribution in [0.15, 0.2) is 48.5 Å². The number of hydrogen-bond donors (Lipinski definition) is 1. The van der Waals surface area contributed by atoms with E-state index in [2.05, 4.69) is 15.3 Å². The van der Waals surface area contributed by atoms with Crippen LogP contribution in [0.2, 0.25) is 5.28 Å². The molecule has 0 saturated heterocycles. The summed E-state index contributed by atoms with van der Waals surface area (Å²) in [4.78, 5) is 8.46. The topological polar surface area (TPSA) is 47.0 Å². The number of rotatable bonds is 3. The normalized spacial score (nSPS) is 10.5. The number of methoxy groups -OCH3 is 1. The number of fused-ring (bicyclic) bond motifs is 1. The van der Waals surface area contributed by atoms with Crippen LogP contribution in [-0.2, 0) is 0 Å². The van der Waals surface area contributed by atoms with Gasteiger partial charge in [-0.2, -0.15) is 4.98 Å². The second kappa shape index (κ2) is 5.35. The van der Waals surface area contributed by atoms with E-state index in [0.29, 0.717) is 5.82 Å². The van der Waals surface area contributed by atoms with Crippen molar-refractivity contribution >= 4 is 34.0 Å². The maximum Gasteiger partial charge on any atom is 0.224 e. The fourth-order valence-electron chi connectivity index (χ4n) is 1.98. The third-order valence-corrected chi connectivity index (χ3v) is 3.08. The van der Waals surface area contributed by atoms with Gasteiger partial charge in [-0.25, -0.2) is 4.98 Å². The number of aromatic nitrogens is 2. The summed E-state index contributed by atoms with van der Waals surface area (Å²) in [5.41, 5.74) is 1.68. The summed E-state index contributed by atoms with van der Waals surface area (Å²) in [5.74, 6) is 1.45. The number of hydrogen-bond acceptors (Lipinski definition) is 4. The molecule has 0 radical (unpaired) electrons. The summed E-state index contributed by atoms with van der Waals surface area (Å²) in [7, 11) is 1.63. The highest BCUT2D eigenvalue weighted by Crippen LogP contribution is 2.26. The smallest absolute Gasteiger partial charge is 0.224 e. The van der Waals surface area contributed by atoms with Gasteiger partial charge in [-0.1, -0.05) is 18.2 Å². The Bertz CT molecular complexity index is 761. The van der Waals surface area contributed by atoms with Crippen molar-refractivity contribution < 1.29 is 4.74 Å². The molecule has 3 aromatic rings. The molecule has 0 aliphatic rings. The minimum Gasteiger partial charge on any atom is -0.497 e. The Morgan fingerprint density at radius 1 is 1.05 bits per heavy atom. The number of nitrogens with zero attached hydrogens (tertiary/aromatic N) is 2. The summed E-state index contributed by atoms with van der Waals surface area (Å²) in [6.45, 7) is 0. The molecule has 0 atom stereocenters. The van der Waals surface area contributed by atoms with E-state index in [-0.39, 0.29) is 5.28 Å². The fraction of sp³-hybridized carbons (Fsp3) is 0.0667. The molecule has 3 rings (SSSR count). The summed E-state index contributed by atoms with van der Waals surface area (Å²) < 4.78 is 5.20. The molecular formula is C15H12ClN3O. The Labute approximate surface area is 121 Å². The van der Waals surface area contributed by atoms with E-state index in [1.54, 1.807) is 7.11 Å². The maximum absolute atomic E-state index is 5.96. The van der Waals surface area contributed by atoms with Crippen LogP contribution in [0, 0.1) is 0 Å². The van der Waals surface area contributed by atoms with Gasteiger partial charge in [0.25, 0.3) is 0 Å². The van der Waals surface area contributed by atoms with Gasteiger partial charge in [0.2, 0.25) is 5.28 Å². The number of nitrogens with one attached hydrogen (secondary N) is 1. The summed E-state index contributed by atoms with van der Waals surface area (Å²) in [6, 6.07) is 15.3. The highest BCUT2D eigenvalue weighted by Gasteiger charge is 2.06. The first kappa shape index (κ1) is 12.7. The molecule has 20 heavy (non-hydrogen) atoms. The fourth-order valence-corrected chi connectivity index (χ4v) is 2.16. The molecule has 2 aromatic carbocycles. The predicted molar refractivity (Wildman–Crippen MR) is 80.8 cm³/mol. The Morgan fingerprint density at radius 2 is 1.90 bits per heavy atom. The molecule has 1 N–H and O–H groups in total. The van der Waals surface area contributed by atoms with Crippen molar-refractivity contribution in [3.8, 4) is 5.75 Å². The van der Waals surface area contributed by atoms with Crippen LogP contribution in [0.3, 0.4) is 0 Å². The van der Waals surface area contributed by atoms with E-state index in [4.69, 9.17) is 16.3 Å². The summed E-state index contributed by atoms with van der Waals surface area (Å²) >= 11 is 5.96. The molecule has 0 amide bonds. The molecule has 4 nitrogen and oxygen atoms in total. The quantitative estimate of drug-likeness (QED) is 0.738. The van der Waals surface area contributed by atoms with E-state index in [0.717, 1.165) is 22.3 Å². The van der Waals surface area contributed by atoms with Crippen molar-refractivity contribution in [3.63, 3.8) is 0 Å². The molecule has 100 valence electrons. The number of halogens is 1. The first-order chi connectivity index (χ1) is 9.76. The van der Waals surface area contributed by atoms with Crippen LogP contribution in [0.25, 0.3) is 10.9 Å². The van der Waals surface area contributed by atoms with Gasteiger partial charge in [-0.3, -0.25) is 0 Å². The van der Waals surface area contributed by atoms with Gasteiger partial charge in [0.05, 0.1) is 12.6 Å². The van der Waals surface area contributed by atoms with Gasteiger partial charge in [0, 0.05) is 17.1 Å². The first-order valence-corrected chi connectivity index (χ1v) is 6.47. The molecule has 0 unspecified atom stereocenters. The van der Waals surface area contributed by atoms with Gasteiger partial charge >= 0.3 is 0 Å². The summed E-state index contributed by atoms with van der Waals surface area (Å²) in [6.07, 6.45) is 0. The zero-order valence-corrected chi connectivity index (χ0v) is 11.6. The average molecular weight is 286 g/mol. The van der Waals surface area contributed by atoms with Crippen LogP contribution in [0.1, 0.15) is 0 Å². The van der Waals surface area contributed by atoms with Crippen molar-refractivity contribution in [3.05, 3.63) is 53.8 Å². The van der Waals surface area contributed by atoms with Gasteiger partial charge in [-0.15, -0.1) is 0 Å². The SMILES string of the molecule is COc1cccc(Nc2nc(Cl)nc3ccccc23)c1. The Morgan fingerprint density at radius 3 is 2.75 bits per heavy atom. The van der Waals surface area contributed by atoms with Gasteiger partial charge < -0.3 is 10.1 Å². The molecule has 1 heterocycles. The number of benzene rings is 2. The Kier molecular flexibility index (Phi) is 3.39. The molecule has 0 aliphatic carbocycles.